The van der Waals surface area contributed by atoms with Gasteiger partial charge in [-0.3, -0.25) is 9.59 Å². The molecule has 6 rings (SSSR count). The molecule has 5 nitrogen and oxygen atoms in total. The number of hydrogen-bond acceptors (Lipinski definition) is 6. The zero-order valence-corrected chi connectivity index (χ0v) is 23.8. The molecule has 39 heavy (non-hydrogen) atoms. The SMILES string of the molecule is C=C(C)C1CCC1CC(=O)c1ccc(C)cc1C.C=O.CNc1cccc2c1C(=O)c1cccc3snc-2c13. The van der Waals surface area contributed by atoms with Gasteiger partial charge in [0.25, 0.3) is 0 Å². The van der Waals surface area contributed by atoms with Crippen molar-refractivity contribution in [2.45, 2.75) is 40.0 Å². The molecule has 0 saturated heterocycles. The van der Waals surface area contributed by atoms with Gasteiger partial charge in [-0.1, -0.05) is 60.2 Å². The van der Waals surface area contributed by atoms with E-state index in [4.69, 9.17) is 4.79 Å². The Labute approximate surface area is 234 Å². The fraction of sp³-hybridized carbons (Fsp3) is 0.273. The van der Waals surface area contributed by atoms with Gasteiger partial charge in [-0.2, -0.15) is 4.37 Å². The summed E-state index contributed by atoms with van der Waals surface area (Å²) in [5, 5.41) is 4.09. The number of ketones is 2. The highest BCUT2D eigenvalue weighted by atomic mass is 32.1. The zero-order chi connectivity index (χ0) is 28.3. The average molecular weight is 539 g/mol. The number of anilines is 1. The molecule has 4 aromatic rings. The van der Waals surface area contributed by atoms with Crippen LogP contribution in [0.1, 0.15) is 63.6 Å². The van der Waals surface area contributed by atoms with E-state index in [0.29, 0.717) is 24.0 Å². The fourth-order valence-corrected chi connectivity index (χ4v) is 6.46. The first-order valence-electron chi connectivity index (χ1n) is 13.1. The summed E-state index contributed by atoms with van der Waals surface area (Å²) < 4.78 is 5.61. The van der Waals surface area contributed by atoms with Crippen molar-refractivity contribution in [3.8, 4) is 11.3 Å². The van der Waals surface area contributed by atoms with E-state index in [1.54, 1.807) is 0 Å². The van der Waals surface area contributed by atoms with Gasteiger partial charge in [0.15, 0.2) is 11.6 Å². The second kappa shape index (κ2) is 11.9. The Balaban J connectivity index is 0.000000171. The van der Waals surface area contributed by atoms with E-state index < -0.39 is 0 Å². The highest BCUT2D eigenvalue weighted by Gasteiger charge is 2.33. The van der Waals surface area contributed by atoms with E-state index >= 15 is 0 Å². The molecule has 0 bridgehead atoms. The lowest BCUT2D eigenvalue weighted by Gasteiger charge is -2.37. The Morgan fingerprint density at radius 2 is 1.77 bits per heavy atom. The highest BCUT2D eigenvalue weighted by Crippen LogP contribution is 2.43. The standard InChI is InChI=1S/C17H22O.C15H10N2OS.CH2O/c1-11(2)15-8-6-14(15)10-17(18)16-7-5-12(3)9-13(16)4;1-16-10-6-2-4-8-12(10)15(18)9-5-3-7-11-13(9)14(8)17-19-11;1-2/h5,7,9,14-15H,1,6,8,10H2,2-4H3;2-7,16H,1H3;1H2. The smallest absolute Gasteiger partial charge is 0.196 e. The molecule has 1 heterocycles. The molecule has 0 radical (unpaired) electrons. The first-order valence-corrected chi connectivity index (χ1v) is 13.9. The lowest BCUT2D eigenvalue weighted by atomic mass is 9.68. The van der Waals surface area contributed by atoms with Crippen molar-refractivity contribution in [2.24, 2.45) is 11.8 Å². The van der Waals surface area contributed by atoms with Crippen LogP contribution >= 0.6 is 11.5 Å². The maximum Gasteiger partial charge on any atom is 0.196 e. The van der Waals surface area contributed by atoms with Crippen LogP contribution in [-0.4, -0.2) is 29.8 Å². The summed E-state index contributed by atoms with van der Waals surface area (Å²) in [5.74, 6) is 1.47. The van der Waals surface area contributed by atoms with E-state index in [9.17, 15) is 9.59 Å². The van der Waals surface area contributed by atoms with Crippen molar-refractivity contribution in [3.05, 3.63) is 94.6 Å². The van der Waals surface area contributed by atoms with Gasteiger partial charge in [-0.15, -0.1) is 0 Å². The quantitative estimate of drug-likeness (QED) is 0.182. The van der Waals surface area contributed by atoms with Crippen molar-refractivity contribution in [1.29, 1.82) is 0 Å². The summed E-state index contributed by atoms with van der Waals surface area (Å²) >= 11 is 1.45. The Morgan fingerprint density at radius 1 is 1.05 bits per heavy atom. The molecule has 0 aliphatic heterocycles. The molecule has 1 fully saturated rings. The number of hydrogen-bond donors (Lipinski definition) is 1. The normalized spacial score (nSPS) is 16.6. The van der Waals surface area contributed by atoms with Crippen LogP contribution < -0.4 is 5.32 Å². The second-order valence-electron chi connectivity index (χ2n) is 10.3. The van der Waals surface area contributed by atoms with Crippen LogP contribution in [0.15, 0.2) is 66.7 Å². The summed E-state index contributed by atoms with van der Waals surface area (Å²) in [6, 6.07) is 17.8. The van der Waals surface area contributed by atoms with Crippen LogP contribution in [0.25, 0.3) is 21.3 Å². The van der Waals surface area contributed by atoms with Crippen LogP contribution in [0.3, 0.4) is 0 Å². The lowest BCUT2D eigenvalue weighted by molar-refractivity contribution is -0.0980. The molecule has 1 aromatic heterocycles. The third-order valence-electron chi connectivity index (χ3n) is 7.74. The van der Waals surface area contributed by atoms with Gasteiger partial charge >= 0.3 is 0 Å². The molecule has 6 heteroatoms. The monoisotopic (exact) mass is 538 g/mol. The third kappa shape index (κ3) is 5.34. The number of aromatic nitrogens is 1. The van der Waals surface area contributed by atoms with Gasteiger partial charge in [-0.25, -0.2) is 0 Å². The molecular weight excluding hydrogens is 504 g/mol. The number of nitrogens with one attached hydrogen (secondary N) is 1. The summed E-state index contributed by atoms with van der Waals surface area (Å²) in [6.45, 7) is 12.2. The molecular formula is C33H34N2O3S. The van der Waals surface area contributed by atoms with Crippen LogP contribution in [0.4, 0.5) is 5.69 Å². The van der Waals surface area contributed by atoms with E-state index in [2.05, 4.69) is 36.2 Å². The van der Waals surface area contributed by atoms with Gasteiger partial charge in [0.1, 0.15) is 6.79 Å². The first-order chi connectivity index (χ1) is 18.8. The average Bonchev–Trinajstić information content (AvgIpc) is 3.35. The van der Waals surface area contributed by atoms with Crippen molar-refractivity contribution in [3.63, 3.8) is 0 Å². The van der Waals surface area contributed by atoms with Gasteiger partial charge in [0, 0.05) is 41.2 Å². The molecule has 2 aliphatic carbocycles. The molecule has 2 aliphatic rings. The number of benzene rings is 3. The van der Waals surface area contributed by atoms with Crippen molar-refractivity contribution >= 4 is 45.7 Å². The number of rotatable bonds is 5. The molecule has 3 aromatic carbocycles. The van der Waals surface area contributed by atoms with Crippen molar-refractivity contribution in [2.75, 3.05) is 12.4 Å². The minimum Gasteiger partial charge on any atom is -0.388 e. The number of fused-ring (bicyclic) bond motifs is 2. The minimum atomic E-state index is 0.0817. The second-order valence-corrected chi connectivity index (χ2v) is 11.1. The Kier molecular flexibility index (Phi) is 8.56. The number of Topliss-reactive ketones (excluding diaryl/α,β-unsaturated/α-hetero) is 1. The predicted molar refractivity (Wildman–Crippen MR) is 161 cm³/mol. The molecule has 0 amide bonds. The van der Waals surface area contributed by atoms with Gasteiger partial charge in [0.2, 0.25) is 0 Å². The third-order valence-corrected chi connectivity index (χ3v) is 8.55. The molecule has 2 atom stereocenters. The zero-order valence-electron chi connectivity index (χ0n) is 23.0. The van der Waals surface area contributed by atoms with Gasteiger partial charge in [-0.05, 0) is 74.7 Å². The topological polar surface area (TPSA) is 76.1 Å². The van der Waals surface area contributed by atoms with E-state index in [1.807, 2.05) is 69.3 Å². The summed E-state index contributed by atoms with van der Waals surface area (Å²) in [4.78, 5) is 33.0. The Bertz CT molecular complexity index is 1570. The number of allylic oxidation sites excluding steroid dienone is 1. The van der Waals surface area contributed by atoms with Gasteiger partial charge in [0.05, 0.1) is 16.0 Å². The van der Waals surface area contributed by atoms with Crippen LogP contribution in [0.2, 0.25) is 0 Å². The van der Waals surface area contributed by atoms with Crippen molar-refractivity contribution in [1.82, 2.24) is 4.37 Å². The molecule has 2 unspecified atom stereocenters. The van der Waals surface area contributed by atoms with Crippen LogP contribution in [0, 0.1) is 25.7 Å². The number of aryl methyl sites for hydroxylation is 2. The Morgan fingerprint density at radius 3 is 2.41 bits per heavy atom. The molecule has 1 saturated carbocycles. The molecule has 1 N–H and O–H groups in total. The summed E-state index contributed by atoms with van der Waals surface area (Å²) in [6.07, 6.45) is 3.07. The molecule has 0 spiro atoms. The maximum absolute atomic E-state index is 12.7. The Hall–Kier alpha value is -3.90. The number of carbonyl (C=O) groups is 3. The summed E-state index contributed by atoms with van der Waals surface area (Å²) in [5.41, 5.74) is 8.67. The van der Waals surface area contributed by atoms with Crippen molar-refractivity contribution < 1.29 is 14.4 Å². The largest absolute Gasteiger partial charge is 0.388 e. The predicted octanol–water partition coefficient (Wildman–Crippen LogP) is 7.84. The minimum absolute atomic E-state index is 0.0817. The fourth-order valence-electron chi connectivity index (χ4n) is 5.64. The van der Waals surface area contributed by atoms with Crippen LogP contribution in [0.5, 0.6) is 0 Å². The number of carbonyl (C=O) groups excluding carboxylic acids is 3. The summed E-state index contributed by atoms with van der Waals surface area (Å²) in [7, 11) is 1.83. The molecule has 200 valence electrons. The number of nitrogens with zero attached hydrogens (tertiary/aromatic N) is 1. The maximum atomic E-state index is 12.7. The first kappa shape index (κ1) is 28.1. The lowest BCUT2D eigenvalue weighted by Crippen LogP contribution is -2.28. The van der Waals surface area contributed by atoms with E-state index in [0.717, 1.165) is 49.3 Å². The van der Waals surface area contributed by atoms with E-state index in [-0.39, 0.29) is 5.78 Å². The van der Waals surface area contributed by atoms with Crippen LogP contribution in [-0.2, 0) is 4.79 Å². The van der Waals surface area contributed by atoms with Gasteiger partial charge < -0.3 is 10.1 Å². The highest BCUT2D eigenvalue weighted by molar-refractivity contribution is 7.13. The van der Waals surface area contributed by atoms with E-state index in [1.165, 1.54) is 35.5 Å².